The van der Waals surface area contributed by atoms with Gasteiger partial charge in [-0.3, -0.25) is 4.90 Å². The smallest absolute Gasteiger partial charge is 0.318 e. The molecule has 0 saturated carbocycles. The summed E-state index contributed by atoms with van der Waals surface area (Å²) in [7, 11) is 1.64. The molecule has 0 aliphatic carbocycles. The molecule has 1 aromatic heterocycles. The van der Waals surface area contributed by atoms with Crippen molar-refractivity contribution in [3.8, 4) is 5.75 Å². The molecule has 3 heterocycles. The average molecular weight is 467 g/mol. The zero-order chi connectivity index (χ0) is 24.0. The van der Waals surface area contributed by atoms with Crippen molar-refractivity contribution in [2.75, 3.05) is 33.4 Å². The van der Waals surface area contributed by atoms with Gasteiger partial charge in [-0.05, 0) is 49.2 Å². The summed E-state index contributed by atoms with van der Waals surface area (Å²) in [4.78, 5) is 20.7. The Balaban J connectivity index is 1.53. The van der Waals surface area contributed by atoms with Crippen LogP contribution in [-0.4, -0.2) is 65.3 Å². The summed E-state index contributed by atoms with van der Waals surface area (Å²) in [6, 6.07) is 11.9. The lowest BCUT2D eigenvalue weighted by Gasteiger charge is -2.56. The molecule has 3 aromatic rings. The Morgan fingerprint density at radius 2 is 1.97 bits per heavy atom. The second-order valence-corrected chi connectivity index (χ2v) is 9.81. The van der Waals surface area contributed by atoms with Crippen LogP contribution in [0, 0.1) is 5.82 Å². The Kier molecular flexibility index (Phi) is 5.73. The largest absolute Gasteiger partial charge is 0.497 e. The average Bonchev–Trinajstić information content (AvgIpc) is 3.17. The summed E-state index contributed by atoms with van der Waals surface area (Å²) in [6.45, 7) is 6.45. The zero-order valence-electron chi connectivity index (χ0n) is 19.8. The molecule has 7 nitrogen and oxygen atoms in total. The number of aromatic amines is 1. The second kappa shape index (κ2) is 8.60. The number of aliphatic hydroxyl groups is 1. The van der Waals surface area contributed by atoms with Crippen molar-refractivity contribution in [2.24, 2.45) is 0 Å². The van der Waals surface area contributed by atoms with E-state index in [1.165, 1.54) is 17.7 Å². The molecule has 2 aromatic carbocycles. The van der Waals surface area contributed by atoms with Gasteiger partial charge in [0.15, 0.2) is 0 Å². The Hall–Kier alpha value is -3.10. The van der Waals surface area contributed by atoms with Crippen LogP contribution in [0.3, 0.4) is 0 Å². The van der Waals surface area contributed by atoms with Gasteiger partial charge in [0.05, 0.1) is 19.8 Å². The number of urea groups is 1. The van der Waals surface area contributed by atoms with E-state index in [0.29, 0.717) is 6.54 Å². The Morgan fingerprint density at radius 3 is 2.62 bits per heavy atom. The number of halogens is 1. The van der Waals surface area contributed by atoms with Gasteiger partial charge in [-0.2, -0.15) is 0 Å². The predicted molar refractivity (Wildman–Crippen MR) is 128 cm³/mol. The number of hydrogen-bond donors (Lipinski definition) is 3. The summed E-state index contributed by atoms with van der Waals surface area (Å²) in [5, 5.41) is 14.4. The van der Waals surface area contributed by atoms with Gasteiger partial charge in [-0.1, -0.05) is 12.1 Å². The maximum absolute atomic E-state index is 13.3. The van der Waals surface area contributed by atoms with Crippen LogP contribution in [0.5, 0.6) is 5.75 Å². The third kappa shape index (κ3) is 3.80. The molecule has 2 aliphatic heterocycles. The molecule has 0 unspecified atom stereocenters. The maximum Gasteiger partial charge on any atom is 0.318 e. The first-order valence-corrected chi connectivity index (χ1v) is 11.7. The fourth-order valence-corrected chi connectivity index (χ4v) is 5.58. The number of methoxy groups -OCH3 is 1. The molecule has 1 fully saturated rings. The van der Waals surface area contributed by atoms with E-state index in [1.807, 2.05) is 38.1 Å². The Morgan fingerprint density at radius 1 is 1.24 bits per heavy atom. The topological polar surface area (TPSA) is 80.8 Å². The minimum atomic E-state index is -0.455. The molecule has 3 N–H and O–H groups in total. The van der Waals surface area contributed by atoms with Gasteiger partial charge in [-0.15, -0.1) is 0 Å². The predicted octanol–water partition coefficient (Wildman–Crippen LogP) is 3.54. The highest BCUT2D eigenvalue weighted by molar-refractivity contribution is 5.89. The highest BCUT2D eigenvalue weighted by Gasteiger charge is 2.53. The number of aliphatic hydroxyl groups excluding tert-OH is 1. The molecule has 0 radical (unpaired) electrons. The van der Waals surface area contributed by atoms with Crippen LogP contribution in [0.25, 0.3) is 10.9 Å². The number of ether oxygens (including phenoxy) is 1. The van der Waals surface area contributed by atoms with Gasteiger partial charge >= 0.3 is 6.03 Å². The van der Waals surface area contributed by atoms with Crippen LogP contribution in [0.15, 0.2) is 42.5 Å². The summed E-state index contributed by atoms with van der Waals surface area (Å²) in [5.41, 5.74) is 3.79. The third-order valence-electron chi connectivity index (χ3n) is 6.97. The standard InChI is InChI=1S/C26H31FN4O3/c1-16(2)28-25(33)31-15-26(13-30(14-26)11-17-4-6-18(27)7-5-17)23-20-9-8-19(34-3)10-21(20)29-24(23)22(31)12-32/h4-10,16,22,29,32H,11-15H2,1-3H3,(H,28,33)/t22-/m0/s1. The van der Waals surface area contributed by atoms with Gasteiger partial charge in [0.25, 0.3) is 0 Å². The molecule has 5 rings (SSSR count). The van der Waals surface area contributed by atoms with E-state index in [9.17, 15) is 14.3 Å². The number of hydrogen-bond acceptors (Lipinski definition) is 4. The fraction of sp³-hybridized carbons (Fsp3) is 0.423. The van der Waals surface area contributed by atoms with Gasteiger partial charge in [0, 0.05) is 60.3 Å². The number of carbonyl (C=O) groups excluding carboxylic acids is 1. The van der Waals surface area contributed by atoms with Gasteiger partial charge in [-0.25, -0.2) is 9.18 Å². The highest BCUT2D eigenvalue weighted by atomic mass is 19.1. The lowest BCUT2D eigenvalue weighted by molar-refractivity contribution is 0.00613. The maximum atomic E-state index is 13.3. The molecular formula is C26H31FN4O3. The van der Waals surface area contributed by atoms with E-state index in [2.05, 4.69) is 21.3 Å². The summed E-state index contributed by atoms with van der Waals surface area (Å²) >= 11 is 0. The van der Waals surface area contributed by atoms with E-state index in [1.54, 1.807) is 12.0 Å². The lowest BCUT2D eigenvalue weighted by atomic mass is 9.68. The summed E-state index contributed by atoms with van der Waals surface area (Å²) < 4.78 is 18.7. The second-order valence-electron chi connectivity index (χ2n) is 9.81. The number of nitrogens with one attached hydrogen (secondary N) is 2. The first-order chi connectivity index (χ1) is 16.3. The molecule has 1 spiro atoms. The Bertz CT molecular complexity index is 1200. The van der Waals surface area contributed by atoms with Crippen molar-refractivity contribution in [1.29, 1.82) is 0 Å². The Labute approximate surface area is 198 Å². The van der Waals surface area contributed by atoms with Crippen molar-refractivity contribution in [2.45, 2.75) is 37.9 Å². The number of likely N-dealkylation sites (tertiary alicyclic amines) is 1. The van der Waals surface area contributed by atoms with Crippen LogP contribution in [0.2, 0.25) is 0 Å². The number of fused-ring (bicyclic) bond motifs is 4. The minimum Gasteiger partial charge on any atom is -0.497 e. The van der Waals surface area contributed by atoms with Crippen molar-refractivity contribution in [1.82, 2.24) is 20.1 Å². The molecule has 1 saturated heterocycles. The number of H-pyrrole nitrogens is 1. The lowest BCUT2D eigenvalue weighted by Crippen LogP contribution is -2.67. The number of nitrogens with zero attached hydrogens (tertiary/aromatic N) is 2. The first-order valence-electron chi connectivity index (χ1n) is 11.7. The third-order valence-corrected chi connectivity index (χ3v) is 6.97. The molecule has 2 aliphatic rings. The summed E-state index contributed by atoms with van der Waals surface area (Å²) in [6.07, 6.45) is 0. The van der Waals surface area contributed by atoms with E-state index in [-0.39, 0.29) is 29.9 Å². The van der Waals surface area contributed by atoms with Crippen molar-refractivity contribution < 1.29 is 19.0 Å². The van der Waals surface area contributed by atoms with Crippen LogP contribution in [0.1, 0.15) is 36.7 Å². The van der Waals surface area contributed by atoms with Crippen LogP contribution >= 0.6 is 0 Å². The molecule has 8 heteroatoms. The monoisotopic (exact) mass is 466 g/mol. The SMILES string of the molecule is COc1ccc2c3c([nH]c2c1)[C@H](CO)N(C(=O)NC(C)C)CC31CN(Cc2ccc(F)cc2)C1. The van der Waals surface area contributed by atoms with Crippen molar-refractivity contribution in [3.63, 3.8) is 0 Å². The normalized spacial score (nSPS) is 19.4. The van der Waals surface area contributed by atoms with Crippen LogP contribution < -0.4 is 10.1 Å². The number of rotatable bonds is 5. The molecule has 0 bridgehead atoms. The molecular weight excluding hydrogens is 435 g/mol. The van der Waals surface area contributed by atoms with Crippen molar-refractivity contribution in [3.05, 3.63) is 65.1 Å². The van der Waals surface area contributed by atoms with E-state index in [4.69, 9.17) is 4.74 Å². The summed E-state index contributed by atoms with van der Waals surface area (Å²) in [5.74, 6) is 0.512. The molecule has 34 heavy (non-hydrogen) atoms. The number of benzene rings is 2. The van der Waals surface area contributed by atoms with E-state index < -0.39 is 6.04 Å². The number of amides is 2. The number of carbonyl (C=O) groups is 1. The molecule has 180 valence electrons. The quantitative estimate of drug-likeness (QED) is 0.537. The minimum absolute atomic E-state index is 0.00692. The highest BCUT2D eigenvalue weighted by Crippen LogP contribution is 2.48. The molecule has 1 atom stereocenters. The van der Waals surface area contributed by atoms with Crippen LogP contribution in [0.4, 0.5) is 9.18 Å². The van der Waals surface area contributed by atoms with E-state index in [0.717, 1.165) is 47.5 Å². The van der Waals surface area contributed by atoms with E-state index >= 15 is 0 Å². The van der Waals surface area contributed by atoms with Gasteiger partial charge < -0.3 is 25.0 Å². The zero-order valence-corrected chi connectivity index (χ0v) is 19.8. The first kappa shape index (κ1) is 22.7. The van der Waals surface area contributed by atoms with Crippen molar-refractivity contribution >= 4 is 16.9 Å². The van der Waals surface area contributed by atoms with Gasteiger partial charge in [0.2, 0.25) is 0 Å². The number of aromatic nitrogens is 1. The fourth-order valence-electron chi connectivity index (χ4n) is 5.58. The molecule has 2 amide bonds. The van der Waals surface area contributed by atoms with Gasteiger partial charge in [0.1, 0.15) is 11.6 Å². The van der Waals surface area contributed by atoms with Crippen LogP contribution in [-0.2, 0) is 12.0 Å².